The fourth-order valence-corrected chi connectivity index (χ4v) is 3.59. The number of hydrogen-bond acceptors (Lipinski definition) is 6. The Hall–Kier alpha value is -2.06. The molecule has 1 aromatic rings. The summed E-state index contributed by atoms with van der Waals surface area (Å²) in [7, 11) is 1.57. The number of benzene rings is 1. The molecule has 1 amide bonds. The van der Waals surface area contributed by atoms with Crippen LogP contribution in [0.15, 0.2) is 23.1 Å². The van der Waals surface area contributed by atoms with Gasteiger partial charge < -0.3 is 14.6 Å². The minimum absolute atomic E-state index is 0.00625. The van der Waals surface area contributed by atoms with Gasteiger partial charge in [0.2, 0.25) is 0 Å². The van der Waals surface area contributed by atoms with E-state index in [9.17, 15) is 9.59 Å². The van der Waals surface area contributed by atoms with Crippen LogP contribution in [-0.4, -0.2) is 46.5 Å². The Kier molecular flexibility index (Phi) is 6.83. The molecule has 0 aromatic heterocycles. The largest absolute Gasteiger partial charge is 0.493 e. The number of carbonyl (C=O) groups excluding carboxylic acids is 1. The monoisotopic (exact) mass is 381 g/mol. The average Bonchev–Trinajstić information content (AvgIpc) is 2.82. The fraction of sp³-hybridized carbons (Fsp3) is 0.353. The first-order chi connectivity index (χ1) is 12.0. The Morgan fingerprint density at radius 2 is 2.16 bits per heavy atom. The number of carboxylic acids is 1. The number of nitrogens with zero attached hydrogens (tertiary/aromatic N) is 1. The van der Waals surface area contributed by atoms with Gasteiger partial charge >= 0.3 is 5.97 Å². The number of methoxy groups -OCH3 is 1. The summed E-state index contributed by atoms with van der Waals surface area (Å²) in [5, 5.41) is 8.70. The summed E-state index contributed by atoms with van der Waals surface area (Å²) in [5.74, 6) is 0.146. The van der Waals surface area contributed by atoms with Crippen molar-refractivity contribution in [3.8, 4) is 11.5 Å². The van der Waals surface area contributed by atoms with Gasteiger partial charge in [-0.1, -0.05) is 30.0 Å². The maximum atomic E-state index is 12.5. The number of aliphatic carboxylic acids is 1. The van der Waals surface area contributed by atoms with Gasteiger partial charge in [0.15, 0.2) is 11.5 Å². The van der Waals surface area contributed by atoms with Crippen molar-refractivity contribution in [2.24, 2.45) is 0 Å². The molecule has 2 rings (SSSR count). The van der Waals surface area contributed by atoms with E-state index >= 15 is 0 Å². The van der Waals surface area contributed by atoms with Gasteiger partial charge in [-0.15, -0.1) is 0 Å². The lowest BCUT2D eigenvalue weighted by molar-refractivity contribution is -0.137. The lowest BCUT2D eigenvalue weighted by Crippen LogP contribution is -2.29. The number of carbonyl (C=O) groups is 2. The lowest BCUT2D eigenvalue weighted by Gasteiger charge is -2.13. The zero-order valence-electron chi connectivity index (χ0n) is 14.0. The molecule has 0 unspecified atom stereocenters. The summed E-state index contributed by atoms with van der Waals surface area (Å²) < 4.78 is 11.2. The molecule has 0 atom stereocenters. The number of hydrogen-bond donors (Lipinski definition) is 1. The highest BCUT2D eigenvalue weighted by molar-refractivity contribution is 8.26. The van der Waals surface area contributed by atoms with Crippen molar-refractivity contribution in [1.82, 2.24) is 4.90 Å². The summed E-state index contributed by atoms with van der Waals surface area (Å²) in [4.78, 5) is 25.0. The second-order valence-electron chi connectivity index (χ2n) is 5.17. The highest BCUT2D eigenvalue weighted by Gasteiger charge is 2.31. The van der Waals surface area contributed by atoms with E-state index in [-0.39, 0.29) is 12.3 Å². The number of amides is 1. The van der Waals surface area contributed by atoms with Crippen LogP contribution in [0.4, 0.5) is 0 Å². The molecule has 6 nitrogen and oxygen atoms in total. The lowest BCUT2D eigenvalue weighted by atomic mass is 10.2. The molecular formula is C17H19NO5S2. The van der Waals surface area contributed by atoms with Gasteiger partial charge in [0, 0.05) is 13.0 Å². The van der Waals surface area contributed by atoms with E-state index < -0.39 is 5.97 Å². The number of carboxylic acid groups (broad SMARTS) is 1. The van der Waals surface area contributed by atoms with Crippen LogP contribution >= 0.6 is 24.0 Å². The van der Waals surface area contributed by atoms with E-state index in [1.165, 1.54) is 16.7 Å². The van der Waals surface area contributed by atoms with Crippen molar-refractivity contribution in [1.29, 1.82) is 0 Å². The van der Waals surface area contributed by atoms with Gasteiger partial charge in [-0.25, -0.2) is 0 Å². The SMILES string of the molecule is CCOc1cc(/C=C2/SC(=S)N(CCCC(=O)O)C2=O)ccc1OC. The molecule has 0 spiro atoms. The van der Waals surface area contributed by atoms with Crippen LogP contribution in [0.3, 0.4) is 0 Å². The minimum Gasteiger partial charge on any atom is -0.493 e. The Morgan fingerprint density at radius 3 is 2.80 bits per heavy atom. The smallest absolute Gasteiger partial charge is 0.303 e. The average molecular weight is 381 g/mol. The first-order valence-corrected chi connectivity index (χ1v) is 8.96. The Bertz CT molecular complexity index is 717. The van der Waals surface area contributed by atoms with Crippen molar-refractivity contribution in [2.75, 3.05) is 20.3 Å². The molecule has 0 bridgehead atoms. The Labute approximate surface area is 155 Å². The highest BCUT2D eigenvalue weighted by atomic mass is 32.2. The summed E-state index contributed by atoms with van der Waals surface area (Å²) in [6, 6.07) is 5.42. The van der Waals surface area contributed by atoms with Gasteiger partial charge in [0.1, 0.15) is 4.32 Å². The molecule has 1 heterocycles. The standard InChI is InChI=1S/C17H19NO5S2/c1-3-23-13-9-11(6-7-12(13)22-2)10-14-16(21)18(17(24)25-14)8-4-5-15(19)20/h6-7,9-10H,3-5,8H2,1-2H3,(H,19,20)/b14-10+. The summed E-state index contributed by atoms with van der Waals surface area (Å²) >= 11 is 6.45. The van der Waals surface area contributed by atoms with Gasteiger partial charge in [0.05, 0.1) is 18.6 Å². The second kappa shape index (κ2) is 8.87. The maximum absolute atomic E-state index is 12.5. The molecule has 1 saturated heterocycles. The van der Waals surface area contributed by atoms with Crippen LogP contribution in [0.25, 0.3) is 6.08 Å². The maximum Gasteiger partial charge on any atom is 0.303 e. The quantitative estimate of drug-likeness (QED) is 0.547. The van der Waals surface area contributed by atoms with Crippen molar-refractivity contribution in [2.45, 2.75) is 19.8 Å². The Balaban J connectivity index is 2.15. The van der Waals surface area contributed by atoms with Crippen molar-refractivity contribution in [3.05, 3.63) is 28.7 Å². The predicted molar refractivity (Wildman–Crippen MR) is 101 cm³/mol. The van der Waals surface area contributed by atoms with E-state index in [1.807, 2.05) is 13.0 Å². The number of rotatable bonds is 8. The molecule has 1 aliphatic rings. The van der Waals surface area contributed by atoms with Gasteiger partial charge in [-0.05, 0) is 37.1 Å². The van der Waals surface area contributed by atoms with E-state index in [0.717, 1.165) is 5.56 Å². The minimum atomic E-state index is -0.886. The molecule has 1 N–H and O–H groups in total. The van der Waals surface area contributed by atoms with E-state index in [1.54, 1.807) is 25.3 Å². The zero-order valence-corrected chi connectivity index (χ0v) is 15.6. The third-order valence-electron chi connectivity index (χ3n) is 3.43. The van der Waals surface area contributed by atoms with E-state index in [4.69, 9.17) is 26.8 Å². The van der Waals surface area contributed by atoms with E-state index in [2.05, 4.69) is 0 Å². The first-order valence-electron chi connectivity index (χ1n) is 7.74. The molecule has 0 radical (unpaired) electrons. The fourth-order valence-electron chi connectivity index (χ4n) is 2.28. The molecule has 1 aliphatic heterocycles. The third-order valence-corrected chi connectivity index (χ3v) is 4.81. The second-order valence-corrected chi connectivity index (χ2v) is 6.85. The molecule has 8 heteroatoms. The number of thioether (sulfide) groups is 1. The molecular weight excluding hydrogens is 362 g/mol. The predicted octanol–water partition coefficient (Wildman–Crippen LogP) is 3.16. The molecule has 1 fully saturated rings. The van der Waals surface area contributed by atoms with Crippen molar-refractivity contribution >= 4 is 46.3 Å². The van der Waals surface area contributed by atoms with Crippen LogP contribution in [0.5, 0.6) is 11.5 Å². The van der Waals surface area contributed by atoms with Gasteiger partial charge in [-0.3, -0.25) is 14.5 Å². The number of thiocarbonyl (C=S) groups is 1. The van der Waals surface area contributed by atoms with Gasteiger partial charge in [-0.2, -0.15) is 0 Å². The number of ether oxygens (including phenoxy) is 2. The van der Waals surface area contributed by atoms with Crippen LogP contribution in [0, 0.1) is 0 Å². The van der Waals surface area contributed by atoms with Crippen LogP contribution in [0.2, 0.25) is 0 Å². The van der Waals surface area contributed by atoms with Crippen LogP contribution in [-0.2, 0) is 9.59 Å². The van der Waals surface area contributed by atoms with Crippen molar-refractivity contribution in [3.63, 3.8) is 0 Å². The summed E-state index contributed by atoms with van der Waals surface area (Å²) in [6.45, 7) is 2.70. The van der Waals surface area contributed by atoms with Crippen LogP contribution < -0.4 is 9.47 Å². The summed E-state index contributed by atoms with van der Waals surface area (Å²) in [5.41, 5.74) is 0.801. The van der Waals surface area contributed by atoms with Crippen LogP contribution in [0.1, 0.15) is 25.3 Å². The zero-order chi connectivity index (χ0) is 18.4. The topological polar surface area (TPSA) is 76.1 Å². The summed E-state index contributed by atoms with van der Waals surface area (Å²) in [6.07, 6.45) is 2.12. The Morgan fingerprint density at radius 1 is 1.40 bits per heavy atom. The van der Waals surface area contributed by atoms with Crippen molar-refractivity contribution < 1.29 is 24.2 Å². The van der Waals surface area contributed by atoms with Gasteiger partial charge in [0.25, 0.3) is 5.91 Å². The first kappa shape index (κ1) is 19.3. The molecule has 0 aliphatic carbocycles. The highest BCUT2D eigenvalue weighted by Crippen LogP contribution is 2.34. The molecule has 25 heavy (non-hydrogen) atoms. The molecule has 134 valence electrons. The molecule has 1 aromatic carbocycles. The molecule has 0 saturated carbocycles. The normalized spacial score (nSPS) is 15.8. The third kappa shape index (κ3) is 4.96. The van der Waals surface area contributed by atoms with E-state index in [0.29, 0.717) is 40.3 Å².